The topological polar surface area (TPSA) is 100 Å². The third-order valence-corrected chi connectivity index (χ3v) is 6.47. The minimum absolute atomic E-state index is 0.0642. The first-order valence-corrected chi connectivity index (χ1v) is 12.4. The van der Waals surface area contributed by atoms with E-state index in [9.17, 15) is 14.9 Å². The van der Waals surface area contributed by atoms with Gasteiger partial charge in [0.15, 0.2) is 0 Å². The molecule has 0 radical (unpaired) electrons. The number of amides is 1. The lowest BCUT2D eigenvalue weighted by Crippen LogP contribution is -2.31. The van der Waals surface area contributed by atoms with Gasteiger partial charge in [0.25, 0.3) is 5.91 Å². The molecular weight excluding hydrogens is 462 g/mol. The smallest absolute Gasteiger partial charge is 0.316 e. The number of carbonyl (C=O) groups is 2. The maximum atomic E-state index is 13.5. The third-order valence-electron chi connectivity index (χ3n) is 5.48. The van der Waals surface area contributed by atoms with Crippen molar-refractivity contribution in [2.75, 3.05) is 24.8 Å². The number of methoxy groups -OCH3 is 1. The lowest BCUT2D eigenvalue weighted by Gasteiger charge is -2.30. The molecule has 0 fully saturated rings. The Kier molecular flexibility index (Phi) is 9.39. The summed E-state index contributed by atoms with van der Waals surface area (Å²) < 4.78 is 10.6. The number of hydrogen-bond acceptors (Lipinski definition) is 7. The van der Waals surface area contributed by atoms with Crippen LogP contribution >= 0.6 is 11.8 Å². The van der Waals surface area contributed by atoms with E-state index in [0.717, 1.165) is 18.4 Å². The molecule has 35 heavy (non-hydrogen) atoms. The molecule has 0 aliphatic carbocycles. The zero-order chi connectivity index (χ0) is 25.2. The quantitative estimate of drug-likeness (QED) is 0.352. The lowest BCUT2D eigenvalue weighted by atomic mass is 9.82. The van der Waals surface area contributed by atoms with Gasteiger partial charge in [-0.1, -0.05) is 67.6 Å². The number of anilines is 1. The minimum atomic E-state index is -0.601. The normalized spacial score (nSPS) is 15.2. The number of para-hydroxylation sites is 2. The van der Waals surface area contributed by atoms with Gasteiger partial charge in [0.1, 0.15) is 5.75 Å². The molecule has 2 aromatic rings. The van der Waals surface area contributed by atoms with E-state index in [4.69, 9.17) is 9.47 Å². The number of esters is 1. The summed E-state index contributed by atoms with van der Waals surface area (Å²) in [6.45, 7) is 4.20. The summed E-state index contributed by atoms with van der Waals surface area (Å²) in [5.41, 5.74) is 2.74. The van der Waals surface area contributed by atoms with Crippen LogP contribution in [0.3, 0.4) is 0 Å². The molecule has 2 N–H and O–H groups in total. The predicted octanol–water partition coefficient (Wildman–Crippen LogP) is 5.11. The Labute approximate surface area is 210 Å². The van der Waals surface area contributed by atoms with Crippen LogP contribution in [0.5, 0.6) is 5.75 Å². The van der Waals surface area contributed by atoms with Crippen LogP contribution in [-0.2, 0) is 14.3 Å². The Bertz CT molecular complexity index is 1170. The second kappa shape index (κ2) is 12.7. The molecule has 0 saturated heterocycles. The van der Waals surface area contributed by atoms with Crippen molar-refractivity contribution in [1.29, 1.82) is 5.26 Å². The molecule has 182 valence electrons. The molecule has 0 spiro atoms. The number of nitrogens with one attached hydrogen (secondary N) is 2. The van der Waals surface area contributed by atoms with E-state index in [-0.39, 0.29) is 17.6 Å². The number of carbonyl (C=O) groups excluding carboxylic acids is 2. The molecule has 0 aromatic heterocycles. The molecule has 1 atom stereocenters. The molecule has 8 heteroatoms. The zero-order valence-corrected chi connectivity index (χ0v) is 20.9. The molecule has 1 amide bonds. The molecule has 0 saturated carbocycles. The van der Waals surface area contributed by atoms with E-state index < -0.39 is 5.92 Å². The van der Waals surface area contributed by atoms with E-state index in [1.807, 2.05) is 49.4 Å². The van der Waals surface area contributed by atoms with Gasteiger partial charge in [-0.25, -0.2) is 0 Å². The second-order valence-electron chi connectivity index (χ2n) is 7.88. The molecule has 2 aromatic carbocycles. The fourth-order valence-corrected chi connectivity index (χ4v) is 4.64. The first kappa shape index (κ1) is 25.9. The summed E-state index contributed by atoms with van der Waals surface area (Å²) in [5, 5.41) is 16.8. The van der Waals surface area contributed by atoms with Crippen molar-refractivity contribution in [2.24, 2.45) is 0 Å². The van der Waals surface area contributed by atoms with Crippen molar-refractivity contribution >= 4 is 29.3 Å². The zero-order valence-electron chi connectivity index (χ0n) is 20.1. The number of nitrogens with zero attached hydrogens (tertiary/aromatic N) is 1. The molecule has 1 heterocycles. The number of thioether (sulfide) groups is 1. The van der Waals surface area contributed by atoms with Crippen LogP contribution in [0.1, 0.15) is 38.2 Å². The highest BCUT2D eigenvalue weighted by Gasteiger charge is 2.35. The highest BCUT2D eigenvalue weighted by molar-refractivity contribution is 8.03. The second-order valence-corrected chi connectivity index (χ2v) is 8.86. The monoisotopic (exact) mass is 491 g/mol. The van der Waals surface area contributed by atoms with Crippen molar-refractivity contribution in [3.05, 3.63) is 82.0 Å². The number of benzene rings is 2. The van der Waals surface area contributed by atoms with E-state index in [1.165, 1.54) is 18.9 Å². The maximum absolute atomic E-state index is 13.5. The molecule has 0 bridgehead atoms. The Morgan fingerprint density at radius 1 is 1.14 bits per heavy atom. The van der Waals surface area contributed by atoms with Gasteiger partial charge in [0.05, 0.1) is 47.7 Å². The van der Waals surface area contributed by atoms with Crippen molar-refractivity contribution in [2.45, 2.75) is 32.6 Å². The van der Waals surface area contributed by atoms with E-state index in [2.05, 4.69) is 16.7 Å². The Morgan fingerprint density at radius 2 is 1.86 bits per heavy atom. The molecule has 7 nitrogen and oxygen atoms in total. The molecule has 1 aliphatic heterocycles. The molecule has 3 rings (SSSR count). The number of allylic oxidation sites excluding steroid dienone is 2. The summed E-state index contributed by atoms with van der Waals surface area (Å²) in [5.74, 6) is -0.685. The van der Waals surface area contributed by atoms with Gasteiger partial charge in [0.2, 0.25) is 0 Å². The Hall–Kier alpha value is -3.70. The Morgan fingerprint density at radius 3 is 2.54 bits per heavy atom. The highest BCUT2D eigenvalue weighted by Crippen LogP contribution is 2.41. The van der Waals surface area contributed by atoms with Gasteiger partial charge in [-0.3, -0.25) is 9.59 Å². The fourth-order valence-electron chi connectivity index (χ4n) is 3.75. The number of ether oxygens (including phenoxy) is 2. The maximum Gasteiger partial charge on any atom is 0.316 e. The number of hydrogen-bond donors (Lipinski definition) is 2. The lowest BCUT2D eigenvalue weighted by molar-refractivity contribution is -0.140. The first-order chi connectivity index (χ1) is 17.0. The van der Waals surface area contributed by atoms with Gasteiger partial charge in [-0.05, 0) is 31.0 Å². The largest absolute Gasteiger partial charge is 0.495 e. The fraction of sp³-hybridized carbons (Fsp3) is 0.296. The van der Waals surface area contributed by atoms with Gasteiger partial charge in [-0.2, -0.15) is 5.26 Å². The van der Waals surface area contributed by atoms with E-state index >= 15 is 0 Å². The number of rotatable bonds is 10. The number of unbranched alkanes of at least 4 members (excludes halogenated alkanes) is 1. The van der Waals surface area contributed by atoms with Crippen molar-refractivity contribution in [1.82, 2.24) is 5.32 Å². The summed E-state index contributed by atoms with van der Waals surface area (Å²) >= 11 is 1.21. The third kappa shape index (κ3) is 6.46. The van der Waals surface area contributed by atoms with E-state index in [1.54, 1.807) is 19.1 Å². The van der Waals surface area contributed by atoms with Crippen molar-refractivity contribution in [3.63, 3.8) is 0 Å². The van der Waals surface area contributed by atoms with E-state index in [0.29, 0.717) is 39.9 Å². The number of nitriles is 1. The van der Waals surface area contributed by atoms with Crippen LogP contribution < -0.4 is 15.4 Å². The predicted molar refractivity (Wildman–Crippen MR) is 138 cm³/mol. The van der Waals surface area contributed by atoms with Crippen molar-refractivity contribution < 1.29 is 19.1 Å². The first-order valence-electron chi connectivity index (χ1n) is 11.4. The van der Waals surface area contributed by atoms with Gasteiger partial charge in [-0.15, -0.1) is 0 Å². The SMILES string of the molecule is CCCCOC(=O)CSC1=C(C#N)[C@@H](c2ccccc2)C(C(=O)Nc2ccccc2OC)=C(C)N1. The number of dihydropyridines is 1. The highest BCUT2D eigenvalue weighted by atomic mass is 32.2. The summed E-state index contributed by atoms with van der Waals surface area (Å²) in [6.07, 6.45) is 1.75. The summed E-state index contributed by atoms with van der Waals surface area (Å²) in [4.78, 5) is 25.7. The summed E-state index contributed by atoms with van der Waals surface area (Å²) in [6, 6.07) is 18.8. The van der Waals surface area contributed by atoms with Crippen LogP contribution in [0.15, 0.2) is 76.5 Å². The van der Waals surface area contributed by atoms with Gasteiger partial charge < -0.3 is 20.1 Å². The molecule has 0 unspecified atom stereocenters. The van der Waals surface area contributed by atoms with Crippen LogP contribution in [0.2, 0.25) is 0 Å². The van der Waals surface area contributed by atoms with Crippen LogP contribution in [-0.4, -0.2) is 31.3 Å². The van der Waals surface area contributed by atoms with Gasteiger partial charge in [0, 0.05) is 11.3 Å². The standard InChI is InChI=1S/C27H29N3O4S/c1-4-5-15-34-23(31)17-35-27-20(16-28)25(19-11-7-6-8-12-19)24(18(2)29-27)26(32)30-21-13-9-10-14-22(21)33-3/h6-14,25,29H,4-5,15,17H2,1-3H3,(H,30,32)/t25-/m1/s1. The Balaban J connectivity index is 1.93. The average Bonchev–Trinajstić information content (AvgIpc) is 2.87. The molecular formula is C27H29N3O4S. The average molecular weight is 492 g/mol. The van der Waals surface area contributed by atoms with Crippen LogP contribution in [0.4, 0.5) is 5.69 Å². The van der Waals surface area contributed by atoms with Crippen LogP contribution in [0.25, 0.3) is 0 Å². The van der Waals surface area contributed by atoms with Crippen LogP contribution in [0, 0.1) is 11.3 Å². The minimum Gasteiger partial charge on any atom is -0.495 e. The van der Waals surface area contributed by atoms with Crippen molar-refractivity contribution in [3.8, 4) is 11.8 Å². The summed E-state index contributed by atoms with van der Waals surface area (Å²) in [7, 11) is 1.54. The molecule has 1 aliphatic rings. The van der Waals surface area contributed by atoms with Gasteiger partial charge >= 0.3 is 5.97 Å².